The van der Waals surface area contributed by atoms with Crippen molar-refractivity contribution in [2.45, 2.75) is 27.7 Å². The van der Waals surface area contributed by atoms with E-state index < -0.39 is 0 Å². The van der Waals surface area contributed by atoms with Crippen molar-refractivity contribution in [2.24, 2.45) is 0 Å². The van der Waals surface area contributed by atoms with Gasteiger partial charge in [0.15, 0.2) is 0 Å². The van der Waals surface area contributed by atoms with E-state index in [9.17, 15) is 9.59 Å². The maximum absolute atomic E-state index is 12.9. The molecule has 0 unspecified atom stereocenters. The van der Waals surface area contributed by atoms with Gasteiger partial charge in [0, 0.05) is 53.7 Å². The Morgan fingerprint density at radius 1 is 1.15 bits per heavy atom. The number of anilines is 1. The SMILES string of the molecule is CCN(CC)CCNC(=O)c1c(C)[nH]c(/C=C2\C(=O)Nc3cccc(-c4cccnc4)c32)c1C. The van der Waals surface area contributed by atoms with Crippen LogP contribution in [0.1, 0.15) is 46.7 Å². The molecule has 0 saturated heterocycles. The number of nitrogens with one attached hydrogen (secondary N) is 3. The minimum atomic E-state index is -0.164. The summed E-state index contributed by atoms with van der Waals surface area (Å²) in [5, 5.41) is 6.00. The summed E-state index contributed by atoms with van der Waals surface area (Å²) in [6, 6.07) is 9.68. The zero-order valence-corrected chi connectivity index (χ0v) is 20.2. The number of hydrogen-bond acceptors (Lipinski definition) is 4. The Morgan fingerprint density at radius 2 is 1.94 bits per heavy atom. The molecule has 7 heteroatoms. The quantitative estimate of drug-likeness (QED) is 0.441. The summed E-state index contributed by atoms with van der Waals surface area (Å²) in [6.07, 6.45) is 5.36. The molecule has 4 rings (SSSR count). The highest BCUT2D eigenvalue weighted by molar-refractivity contribution is 6.36. The number of benzene rings is 1. The average Bonchev–Trinajstić information content (AvgIpc) is 3.31. The van der Waals surface area contributed by atoms with Gasteiger partial charge in [0.25, 0.3) is 11.8 Å². The molecule has 3 N–H and O–H groups in total. The van der Waals surface area contributed by atoms with Crippen molar-refractivity contribution < 1.29 is 9.59 Å². The van der Waals surface area contributed by atoms with Crippen molar-refractivity contribution in [2.75, 3.05) is 31.5 Å². The summed E-state index contributed by atoms with van der Waals surface area (Å²) in [4.78, 5) is 35.7. The van der Waals surface area contributed by atoms with Crippen LogP contribution >= 0.6 is 0 Å². The molecule has 7 nitrogen and oxygen atoms in total. The van der Waals surface area contributed by atoms with Crippen LogP contribution in [0.25, 0.3) is 22.8 Å². The van der Waals surface area contributed by atoms with E-state index in [0.717, 1.165) is 59.0 Å². The van der Waals surface area contributed by atoms with Crippen LogP contribution in [-0.4, -0.2) is 52.9 Å². The predicted molar refractivity (Wildman–Crippen MR) is 137 cm³/mol. The summed E-state index contributed by atoms with van der Waals surface area (Å²) < 4.78 is 0. The molecule has 3 aromatic rings. The fourth-order valence-electron chi connectivity index (χ4n) is 4.51. The van der Waals surface area contributed by atoms with Crippen LogP contribution in [-0.2, 0) is 4.79 Å². The van der Waals surface area contributed by atoms with Gasteiger partial charge in [-0.25, -0.2) is 0 Å². The number of nitrogens with zero attached hydrogens (tertiary/aromatic N) is 2. The molecule has 0 fully saturated rings. The standard InChI is InChI=1S/C27H31N5O2/c1-5-32(6-2)14-13-29-27(34)24-17(3)23(30-18(24)4)15-21-25-20(19-9-8-12-28-16-19)10-7-11-22(25)31-26(21)33/h7-12,15-16,30H,5-6,13-14H2,1-4H3,(H,29,34)(H,31,33)/b21-15-. The average molecular weight is 458 g/mol. The molecule has 0 saturated carbocycles. The van der Waals surface area contributed by atoms with Gasteiger partial charge in [-0.3, -0.25) is 14.6 Å². The lowest BCUT2D eigenvalue weighted by Gasteiger charge is -2.18. The van der Waals surface area contributed by atoms with E-state index in [0.29, 0.717) is 17.7 Å². The van der Waals surface area contributed by atoms with Crippen LogP contribution in [0.15, 0.2) is 42.7 Å². The number of pyridine rings is 1. The zero-order valence-electron chi connectivity index (χ0n) is 20.2. The van der Waals surface area contributed by atoms with Crippen LogP contribution in [0.4, 0.5) is 5.69 Å². The number of rotatable bonds is 8. The largest absolute Gasteiger partial charge is 0.358 e. The van der Waals surface area contributed by atoms with Gasteiger partial charge in [0.05, 0.1) is 11.1 Å². The van der Waals surface area contributed by atoms with E-state index in [1.54, 1.807) is 12.4 Å². The second-order valence-electron chi connectivity index (χ2n) is 8.43. The van der Waals surface area contributed by atoms with Crippen molar-refractivity contribution in [1.82, 2.24) is 20.2 Å². The molecule has 0 radical (unpaired) electrons. The van der Waals surface area contributed by atoms with E-state index in [-0.39, 0.29) is 11.8 Å². The molecule has 0 spiro atoms. The Morgan fingerprint density at radius 3 is 2.65 bits per heavy atom. The molecule has 2 amide bonds. The molecule has 0 aliphatic carbocycles. The predicted octanol–water partition coefficient (Wildman–Crippen LogP) is 4.26. The number of carbonyl (C=O) groups excluding carboxylic acids is 2. The number of likely N-dealkylation sites (N-methyl/N-ethyl adjacent to an activating group) is 1. The number of amides is 2. The first-order valence-electron chi connectivity index (χ1n) is 11.7. The molecule has 3 heterocycles. The van der Waals surface area contributed by atoms with Gasteiger partial charge in [-0.15, -0.1) is 0 Å². The van der Waals surface area contributed by atoms with Gasteiger partial charge in [-0.05, 0) is 56.3 Å². The number of fused-ring (bicyclic) bond motifs is 1. The van der Waals surface area contributed by atoms with Gasteiger partial charge in [0.2, 0.25) is 0 Å². The summed E-state index contributed by atoms with van der Waals surface area (Å²) >= 11 is 0. The third kappa shape index (κ3) is 4.52. The zero-order chi connectivity index (χ0) is 24.2. The third-order valence-electron chi connectivity index (χ3n) is 6.40. The lowest BCUT2D eigenvalue weighted by Crippen LogP contribution is -2.35. The minimum Gasteiger partial charge on any atom is -0.358 e. The van der Waals surface area contributed by atoms with Crippen LogP contribution in [0, 0.1) is 13.8 Å². The lowest BCUT2D eigenvalue weighted by atomic mass is 9.95. The molecule has 2 aromatic heterocycles. The molecule has 1 aliphatic heterocycles. The monoisotopic (exact) mass is 457 g/mol. The number of hydrogen-bond donors (Lipinski definition) is 3. The minimum absolute atomic E-state index is 0.102. The van der Waals surface area contributed by atoms with Crippen molar-refractivity contribution >= 4 is 29.2 Å². The Balaban J connectivity index is 1.66. The highest BCUT2D eigenvalue weighted by Crippen LogP contribution is 2.40. The van der Waals surface area contributed by atoms with E-state index in [1.807, 2.05) is 50.3 Å². The van der Waals surface area contributed by atoms with Crippen LogP contribution in [0.2, 0.25) is 0 Å². The van der Waals surface area contributed by atoms with E-state index in [1.165, 1.54) is 0 Å². The Labute approximate surface area is 200 Å². The second kappa shape index (κ2) is 10.1. The lowest BCUT2D eigenvalue weighted by molar-refractivity contribution is -0.110. The first-order chi connectivity index (χ1) is 16.4. The third-order valence-corrected chi connectivity index (χ3v) is 6.40. The summed E-state index contributed by atoms with van der Waals surface area (Å²) in [7, 11) is 0. The van der Waals surface area contributed by atoms with E-state index in [2.05, 4.69) is 39.3 Å². The smallest absolute Gasteiger partial charge is 0.256 e. The van der Waals surface area contributed by atoms with E-state index in [4.69, 9.17) is 0 Å². The second-order valence-corrected chi connectivity index (χ2v) is 8.43. The number of carbonyl (C=O) groups is 2. The summed E-state index contributed by atoms with van der Waals surface area (Å²) in [5.41, 5.74) is 7.04. The molecule has 1 aliphatic rings. The maximum atomic E-state index is 12.9. The Hall–Kier alpha value is -3.71. The molecular formula is C27H31N5O2. The van der Waals surface area contributed by atoms with Gasteiger partial charge in [0.1, 0.15) is 0 Å². The first kappa shape index (κ1) is 23.4. The van der Waals surface area contributed by atoms with Gasteiger partial charge in [-0.2, -0.15) is 0 Å². The van der Waals surface area contributed by atoms with Crippen LogP contribution in [0.5, 0.6) is 0 Å². The van der Waals surface area contributed by atoms with Crippen molar-refractivity contribution in [3.8, 4) is 11.1 Å². The molecule has 0 bridgehead atoms. The highest BCUT2D eigenvalue weighted by Gasteiger charge is 2.28. The fourth-order valence-corrected chi connectivity index (χ4v) is 4.51. The van der Waals surface area contributed by atoms with Gasteiger partial charge >= 0.3 is 0 Å². The molecule has 176 valence electrons. The van der Waals surface area contributed by atoms with Gasteiger partial charge in [-0.1, -0.05) is 32.0 Å². The molecule has 1 aromatic carbocycles. The van der Waals surface area contributed by atoms with Crippen molar-refractivity contribution in [1.29, 1.82) is 0 Å². The van der Waals surface area contributed by atoms with Crippen molar-refractivity contribution in [3.05, 3.63) is 70.8 Å². The Bertz CT molecular complexity index is 1240. The normalized spacial score (nSPS) is 13.9. The van der Waals surface area contributed by atoms with Crippen molar-refractivity contribution in [3.63, 3.8) is 0 Å². The number of aryl methyl sites for hydroxylation is 1. The summed E-state index contributed by atoms with van der Waals surface area (Å²) in [6.45, 7) is 11.3. The first-order valence-corrected chi connectivity index (χ1v) is 11.7. The molecular weight excluding hydrogens is 426 g/mol. The molecule has 34 heavy (non-hydrogen) atoms. The van der Waals surface area contributed by atoms with E-state index >= 15 is 0 Å². The van der Waals surface area contributed by atoms with Gasteiger partial charge < -0.3 is 20.5 Å². The highest BCUT2D eigenvalue weighted by atomic mass is 16.2. The van der Waals surface area contributed by atoms with Crippen LogP contribution in [0.3, 0.4) is 0 Å². The topological polar surface area (TPSA) is 90.1 Å². The molecule has 0 atom stereocenters. The Kier molecular flexibility index (Phi) is 6.93. The maximum Gasteiger partial charge on any atom is 0.256 e. The summed E-state index contributed by atoms with van der Waals surface area (Å²) in [5.74, 6) is -0.265. The number of H-pyrrole nitrogens is 1. The number of aromatic amines is 1. The fraction of sp³-hybridized carbons (Fsp3) is 0.296. The van der Waals surface area contributed by atoms with Crippen LogP contribution < -0.4 is 10.6 Å². The number of aromatic nitrogens is 2.